The number of hydrogen-bond acceptors (Lipinski definition) is 7. The zero-order valence-electron chi connectivity index (χ0n) is 18.8. The average molecular weight is 470 g/mol. The first-order valence-electron chi connectivity index (χ1n) is 10.9. The van der Waals surface area contributed by atoms with E-state index < -0.39 is 5.54 Å². The molecule has 174 valence electrons. The lowest BCUT2D eigenvalue weighted by Gasteiger charge is -2.46. The topological polar surface area (TPSA) is 92.5 Å². The largest absolute Gasteiger partial charge is 0.406 e. The molecule has 1 aromatic heterocycles. The summed E-state index contributed by atoms with van der Waals surface area (Å²) in [5.41, 5.74) is 2.39. The minimum atomic E-state index is -0.416. The number of methoxy groups -OCH3 is 1. The molecule has 3 aromatic rings. The fourth-order valence-electron chi connectivity index (χ4n) is 4.17. The monoisotopic (exact) mass is 469 g/mol. The van der Waals surface area contributed by atoms with Gasteiger partial charge >= 0.3 is 6.01 Å². The second-order valence-electron chi connectivity index (χ2n) is 8.37. The van der Waals surface area contributed by atoms with E-state index in [2.05, 4.69) is 27.8 Å². The van der Waals surface area contributed by atoms with Crippen LogP contribution in [0.1, 0.15) is 34.3 Å². The molecule has 2 N–H and O–H groups in total. The molecule has 0 unspecified atom stereocenters. The Morgan fingerprint density at radius 3 is 2.85 bits per heavy atom. The van der Waals surface area contributed by atoms with Crippen LogP contribution in [0.25, 0.3) is 0 Å². The van der Waals surface area contributed by atoms with Crippen LogP contribution in [0.2, 0.25) is 5.02 Å². The van der Waals surface area contributed by atoms with Gasteiger partial charge < -0.3 is 24.7 Å². The number of benzene rings is 2. The zero-order chi connectivity index (χ0) is 23.3. The third kappa shape index (κ3) is 5.52. The Hall–Kier alpha value is -2.94. The highest BCUT2D eigenvalue weighted by Gasteiger charge is 2.38. The van der Waals surface area contributed by atoms with Crippen LogP contribution >= 0.6 is 11.6 Å². The Morgan fingerprint density at radius 2 is 2.06 bits per heavy atom. The van der Waals surface area contributed by atoms with Gasteiger partial charge in [0.15, 0.2) is 0 Å². The van der Waals surface area contributed by atoms with Crippen LogP contribution in [0, 0.1) is 0 Å². The maximum absolute atomic E-state index is 13.3. The van der Waals surface area contributed by atoms with E-state index in [0.29, 0.717) is 48.5 Å². The summed E-state index contributed by atoms with van der Waals surface area (Å²) in [5, 5.41) is 15.2. The van der Waals surface area contributed by atoms with Crippen LogP contribution in [0.4, 0.5) is 6.01 Å². The molecule has 9 heteroatoms. The highest BCUT2D eigenvalue weighted by molar-refractivity contribution is 6.30. The highest BCUT2D eigenvalue weighted by Crippen LogP contribution is 2.28. The molecule has 1 aliphatic rings. The number of aromatic nitrogens is 2. The van der Waals surface area contributed by atoms with E-state index in [9.17, 15) is 4.79 Å². The summed E-state index contributed by atoms with van der Waals surface area (Å²) in [6.45, 7) is 4.96. The molecule has 1 saturated heterocycles. The first-order chi connectivity index (χ1) is 16.0. The molecular weight excluding hydrogens is 442 g/mol. The SMILES string of the molecule is COCc1nnc(NCc2ccc(Cl)cc2C[C@@]2(C)CNCCN2C(=O)c2ccccc2)o1. The van der Waals surface area contributed by atoms with E-state index in [1.54, 1.807) is 7.11 Å². The van der Waals surface area contributed by atoms with Crippen molar-refractivity contribution in [2.24, 2.45) is 0 Å². The Balaban J connectivity index is 1.54. The van der Waals surface area contributed by atoms with Crippen LogP contribution in [0.15, 0.2) is 52.9 Å². The third-order valence-corrected chi connectivity index (χ3v) is 6.07. The molecule has 2 aromatic carbocycles. The van der Waals surface area contributed by atoms with Gasteiger partial charge in [0, 0.05) is 43.9 Å². The van der Waals surface area contributed by atoms with Crippen molar-refractivity contribution in [1.29, 1.82) is 0 Å². The lowest BCUT2D eigenvalue weighted by atomic mass is 9.86. The number of nitrogens with one attached hydrogen (secondary N) is 2. The molecule has 0 spiro atoms. The Morgan fingerprint density at radius 1 is 1.24 bits per heavy atom. The van der Waals surface area contributed by atoms with Crippen molar-refractivity contribution in [3.8, 4) is 0 Å². The van der Waals surface area contributed by atoms with Gasteiger partial charge in [0.05, 0.1) is 5.54 Å². The maximum Gasteiger partial charge on any atom is 0.315 e. The number of halogens is 1. The molecular formula is C24H28ClN5O3. The summed E-state index contributed by atoms with van der Waals surface area (Å²) in [6, 6.07) is 15.6. The van der Waals surface area contributed by atoms with E-state index >= 15 is 0 Å². The van der Waals surface area contributed by atoms with E-state index in [0.717, 1.165) is 17.7 Å². The van der Waals surface area contributed by atoms with Gasteiger partial charge in [-0.2, -0.15) is 0 Å². The smallest absolute Gasteiger partial charge is 0.315 e. The fraction of sp³-hybridized carbons (Fsp3) is 0.375. The molecule has 1 amide bonds. The molecule has 1 fully saturated rings. The molecule has 4 rings (SSSR count). The molecule has 2 heterocycles. The van der Waals surface area contributed by atoms with Crippen LogP contribution in [0.5, 0.6) is 0 Å². The van der Waals surface area contributed by atoms with E-state index in [1.165, 1.54) is 0 Å². The molecule has 0 bridgehead atoms. The van der Waals surface area contributed by atoms with Crippen LogP contribution < -0.4 is 10.6 Å². The minimum Gasteiger partial charge on any atom is -0.406 e. The van der Waals surface area contributed by atoms with Crippen LogP contribution in [-0.4, -0.2) is 53.3 Å². The summed E-state index contributed by atoms with van der Waals surface area (Å²) >= 11 is 6.36. The molecule has 0 aliphatic carbocycles. The number of hydrogen-bond donors (Lipinski definition) is 2. The van der Waals surface area contributed by atoms with Gasteiger partial charge in [-0.25, -0.2) is 0 Å². The van der Waals surface area contributed by atoms with Crippen LogP contribution in [-0.2, 0) is 24.3 Å². The predicted octanol–water partition coefficient (Wildman–Crippen LogP) is 3.53. The summed E-state index contributed by atoms with van der Waals surface area (Å²) in [7, 11) is 1.57. The number of nitrogens with zero attached hydrogens (tertiary/aromatic N) is 3. The number of anilines is 1. The first-order valence-corrected chi connectivity index (χ1v) is 11.3. The number of ether oxygens (including phenoxy) is 1. The predicted molar refractivity (Wildman–Crippen MR) is 126 cm³/mol. The van der Waals surface area contributed by atoms with Gasteiger partial charge in [-0.15, -0.1) is 5.10 Å². The molecule has 33 heavy (non-hydrogen) atoms. The lowest BCUT2D eigenvalue weighted by molar-refractivity contribution is 0.0426. The Labute approximate surface area is 198 Å². The normalized spacial score (nSPS) is 18.3. The highest BCUT2D eigenvalue weighted by atomic mass is 35.5. The quantitative estimate of drug-likeness (QED) is 0.521. The van der Waals surface area contributed by atoms with Crippen molar-refractivity contribution < 1.29 is 13.9 Å². The van der Waals surface area contributed by atoms with Gasteiger partial charge in [0.25, 0.3) is 5.91 Å². The van der Waals surface area contributed by atoms with Gasteiger partial charge in [-0.05, 0) is 48.7 Å². The van der Waals surface area contributed by atoms with Gasteiger partial charge in [0.2, 0.25) is 5.89 Å². The van der Waals surface area contributed by atoms with Crippen molar-refractivity contribution in [2.45, 2.75) is 32.0 Å². The second-order valence-corrected chi connectivity index (χ2v) is 8.81. The molecule has 1 atom stereocenters. The van der Waals surface area contributed by atoms with Crippen LogP contribution in [0.3, 0.4) is 0 Å². The van der Waals surface area contributed by atoms with E-state index in [4.69, 9.17) is 20.8 Å². The third-order valence-electron chi connectivity index (χ3n) is 5.84. The minimum absolute atomic E-state index is 0.0397. The van der Waals surface area contributed by atoms with Crippen molar-refractivity contribution in [3.63, 3.8) is 0 Å². The van der Waals surface area contributed by atoms with Crippen molar-refractivity contribution in [2.75, 3.05) is 32.1 Å². The standard InChI is InChI=1S/C24H28ClN5O3/c1-24(16-26-10-11-30(24)22(31)17-6-4-3-5-7-17)13-19-12-20(25)9-8-18(19)14-27-23-29-28-21(33-23)15-32-2/h3-9,12,26H,10-11,13-16H2,1-2H3,(H,27,29)/t24-/m0/s1. The molecule has 8 nitrogen and oxygen atoms in total. The number of carbonyl (C=O) groups excluding carboxylic acids is 1. The Bertz CT molecular complexity index is 1090. The fourth-order valence-corrected chi connectivity index (χ4v) is 4.37. The number of carbonyl (C=O) groups is 1. The van der Waals surface area contributed by atoms with Gasteiger partial charge in [0.1, 0.15) is 6.61 Å². The number of rotatable bonds is 8. The zero-order valence-corrected chi connectivity index (χ0v) is 19.6. The maximum atomic E-state index is 13.3. The second kappa shape index (κ2) is 10.3. The van der Waals surface area contributed by atoms with Crippen molar-refractivity contribution >= 4 is 23.5 Å². The van der Waals surface area contributed by atoms with Gasteiger partial charge in [-0.3, -0.25) is 4.79 Å². The van der Waals surface area contributed by atoms with E-state index in [-0.39, 0.29) is 12.5 Å². The van der Waals surface area contributed by atoms with Crippen molar-refractivity contribution in [1.82, 2.24) is 20.4 Å². The number of piperazine rings is 1. The Kier molecular flexibility index (Phi) is 7.27. The van der Waals surface area contributed by atoms with E-state index in [1.807, 2.05) is 53.4 Å². The first kappa shape index (κ1) is 23.2. The lowest BCUT2D eigenvalue weighted by Crippen LogP contribution is -2.62. The molecule has 0 saturated carbocycles. The van der Waals surface area contributed by atoms with Crippen molar-refractivity contribution in [3.05, 3.63) is 76.1 Å². The average Bonchev–Trinajstić information content (AvgIpc) is 3.26. The van der Waals surface area contributed by atoms with Gasteiger partial charge in [-0.1, -0.05) is 41.0 Å². The number of amides is 1. The molecule has 1 aliphatic heterocycles. The summed E-state index contributed by atoms with van der Waals surface area (Å²) in [5.74, 6) is 0.449. The summed E-state index contributed by atoms with van der Waals surface area (Å²) < 4.78 is 10.5. The molecule has 0 radical (unpaired) electrons. The summed E-state index contributed by atoms with van der Waals surface area (Å²) in [6.07, 6.45) is 0.648. The summed E-state index contributed by atoms with van der Waals surface area (Å²) in [4.78, 5) is 15.3.